The van der Waals surface area contributed by atoms with Crippen LogP contribution >= 0.6 is 0 Å². The zero-order chi connectivity index (χ0) is 12.6. The molecule has 0 bridgehead atoms. The highest BCUT2D eigenvalue weighted by atomic mass is 32.2. The molecule has 1 spiro atoms. The van der Waals surface area contributed by atoms with Gasteiger partial charge in [0.25, 0.3) is 10.2 Å². The predicted molar refractivity (Wildman–Crippen MR) is 68.4 cm³/mol. The van der Waals surface area contributed by atoms with Crippen molar-refractivity contribution in [2.45, 2.75) is 32.1 Å². The van der Waals surface area contributed by atoms with Crippen molar-refractivity contribution in [2.24, 2.45) is 5.41 Å². The van der Waals surface area contributed by atoms with Crippen LogP contribution in [-0.4, -0.2) is 56.4 Å². The van der Waals surface area contributed by atoms with Crippen molar-refractivity contribution in [3.8, 4) is 0 Å². The zero-order valence-electron chi connectivity index (χ0n) is 10.8. The number of ether oxygens (including phenoxy) is 1. The lowest BCUT2D eigenvalue weighted by Gasteiger charge is -2.30. The summed E-state index contributed by atoms with van der Waals surface area (Å²) in [5.41, 5.74) is 0.114. The Morgan fingerprint density at radius 2 is 1.72 bits per heavy atom. The highest BCUT2D eigenvalue weighted by Gasteiger charge is 2.46. The molecular formula is C12H22N2O3S. The molecule has 0 aromatic carbocycles. The van der Waals surface area contributed by atoms with Crippen LogP contribution in [0.1, 0.15) is 32.1 Å². The van der Waals surface area contributed by atoms with Crippen molar-refractivity contribution in [1.82, 2.24) is 8.61 Å². The molecule has 1 atom stereocenters. The maximum Gasteiger partial charge on any atom is 0.281 e. The summed E-state index contributed by atoms with van der Waals surface area (Å²) in [7, 11) is -3.21. The van der Waals surface area contributed by atoms with Gasteiger partial charge in [-0.3, -0.25) is 0 Å². The van der Waals surface area contributed by atoms with Gasteiger partial charge in [0, 0.05) is 38.2 Å². The maximum atomic E-state index is 12.5. The molecule has 3 rings (SSSR count). The Hall–Kier alpha value is -0.170. The van der Waals surface area contributed by atoms with E-state index >= 15 is 0 Å². The first kappa shape index (κ1) is 12.8. The molecule has 0 amide bonds. The highest BCUT2D eigenvalue weighted by Crippen LogP contribution is 2.39. The van der Waals surface area contributed by atoms with Gasteiger partial charge in [0.15, 0.2) is 0 Å². The molecule has 0 unspecified atom stereocenters. The Bertz CT molecular complexity index is 398. The minimum atomic E-state index is -3.21. The second-order valence-corrected chi connectivity index (χ2v) is 7.78. The largest absolute Gasteiger partial charge is 0.381 e. The zero-order valence-corrected chi connectivity index (χ0v) is 11.6. The van der Waals surface area contributed by atoms with Crippen molar-refractivity contribution < 1.29 is 13.2 Å². The van der Waals surface area contributed by atoms with E-state index < -0.39 is 10.2 Å². The van der Waals surface area contributed by atoms with Crippen molar-refractivity contribution in [3.05, 3.63) is 0 Å². The second kappa shape index (κ2) is 4.74. The third-order valence-electron chi connectivity index (χ3n) is 4.56. The molecule has 104 valence electrons. The minimum absolute atomic E-state index is 0.114. The molecule has 0 saturated carbocycles. The van der Waals surface area contributed by atoms with Gasteiger partial charge < -0.3 is 4.74 Å². The normalized spacial score (nSPS) is 35.6. The number of rotatable bonds is 2. The molecule has 3 aliphatic heterocycles. The Labute approximate surface area is 109 Å². The first-order chi connectivity index (χ1) is 8.62. The summed E-state index contributed by atoms with van der Waals surface area (Å²) in [4.78, 5) is 0. The summed E-state index contributed by atoms with van der Waals surface area (Å²) in [6.07, 6.45) is 5.13. The van der Waals surface area contributed by atoms with Gasteiger partial charge in [0.1, 0.15) is 0 Å². The summed E-state index contributed by atoms with van der Waals surface area (Å²) in [6, 6.07) is 0. The van der Waals surface area contributed by atoms with Crippen LogP contribution in [0.2, 0.25) is 0 Å². The van der Waals surface area contributed by atoms with Gasteiger partial charge in [-0.2, -0.15) is 17.0 Å². The lowest BCUT2D eigenvalue weighted by Crippen LogP contribution is -2.45. The number of nitrogens with zero attached hydrogens (tertiary/aromatic N) is 2. The van der Waals surface area contributed by atoms with Crippen LogP contribution in [-0.2, 0) is 14.9 Å². The third-order valence-corrected chi connectivity index (χ3v) is 6.54. The molecule has 18 heavy (non-hydrogen) atoms. The first-order valence-electron chi connectivity index (χ1n) is 6.95. The lowest BCUT2D eigenvalue weighted by atomic mass is 9.87. The van der Waals surface area contributed by atoms with Crippen LogP contribution in [0.25, 0.3) is 0 Å². The molecular weight excluding hydrogens is 252 g/mol. The van der Waals surface area contributed by atoms with Crippen molar-refractivity contribution in [1.29, 1.82) is 0 Å². The van der Waals surface area contributed by atoms with Crippen LogP contribution in [0, 0.1) is 5.41 Å². The fourth-order valence-electron chi connectivity index (χ4n) is 3.32. The second-order valence-electron chi connectivity index (χ2n) is 5.85. The summed E-state index contributed by atoms with van der Waals surface area (Å²) in [5, 5.41) is 0. The third kappa shape index (κ3) is 2.19. The quantitative estimate of drug-likeness (QED) is 0.749. The maximum absolute atomic E-state index is 12.5. The Morgan fingerprint density at radius 3 is 2.39 bits per heavy atom. The monoisotopic (exact) mass is 274 g/mol. The standard InChI is InChI=1S/C12H22N2O3S/c15-18(16,13-6-2-1-3-7-13)14-8-4-12(10-14)5-9-17-11-12/h1-11H2/t12-/m0/s1. The van der Waals surface area contributed by atoms with Crippen molar-refractivity contribution >= 4 is 10.2 Å². The van der Waals surface area contributed by atoms with Crippen LogP contribution in [0.4, 0.5) is 0 Å². The van der Waals surface area contributed by atoms with Crippen LogP contribution < -0.4 is 0 Å². The molecule has 3 fully saturated rings. The van der Waals surface area contributed by atoms with E-state index in [4.69, 9.17) is 4.74 Å². The molecule has 0 aromatic rings. The summed E-state index contributed by atoms with van der Waals surface area (Å²) in [6.45, 7) is 4.25. The predicted octanol–water partition coefficient (Wildman–Crippen LogP) is 0.829. The molecule has 0 aromatic heterocycles. The fraction of sp³-hybridized carbons (Fsp3) is 1.00. The van der Waals surface area contributed by atoms with Gasteiger partial charge in [-0.25, -0.2) is 0 Å². The van der Waals surface area contributed by atoms with E-state index in [9.17, 15) is 8.42 Å². The van der Waals surface area contributed by atoms with E-state index in [1.54, 1.807) is 8.61 Å². The molecule has 6 heteroatoms. The Morgan fingerprint density at radius 1 is 0.944 bits per heavy atom. The van der Waals surface area contributed by atoms with E-state index in [1.165, 1.54) is 0 Å². The molecule has 3 saturated heterocycles. The minimum Gasteiger partial charge on any atom is -0.381 e. The average molecular weight is 274 g/mol. The lowest BCUT2D eigenvalue weighted by molar-refractivity contribution is 0.157. The smallest absolute Gasteiger partial charge is 0.281 e. The van der Waals surface area contributed by atoms with Crippen LogP contribution in [0.3, 0.4) is 0 Å². The van der Waals surface area contributed by atoms with Gasteiger partial charge >= 0.3 is 0 Å². The van der Waals surface area contributed by atoms with Gasteiger partial charge in [0.2, 0.25) is 0 Å². The number of piperidine rings is 1. The Balaban J connectivity index is 1.70. The first-order valence-corrected chi connectivity index (χ1v) is 8.35. The van der Waals surface area contributed by atoms with E-state index in [1.807, 2.05) is 0 Å². The summed E-state index contributed by atoms with van der Waals surface area (Å²) in [5.74, 6) is 0. The summed E-state index contributed by atoms with van der Waals surface area (Å²) >= 11 is 0. The van der Waals surface area contributed by atoms with Crippen LogP contribution in [0.5, 0.6) is 0 Å². The molecule has 0 aliphatic carbocycles. The molecule has 3 heterocycles. The fourth-order valence-corrected chi connectivity index (χ4v) is 5.13. The van der Waals surface area contributed by atoms with Gasteiger partial charge in [-0.15, -0.1) is 0 Å². The molecule has 0 N–H and O–H groups in total. The van der Waals surface area contributed by atoms with Gasteiger partial charge in [0.05, 0.1) is 6.61 Å². The topological polar surface area (TPSA) is 49.9 Å². The summed E-state index contributed by atoms with van der Waals surface area (Å²) < 4.78 is 33.9. The van der Waals surface area contributed by atoms with E-state index in [0.717, 1.165) is 45.3 Å². The van der Waals surface area contributed by atoms with E-state index in [-0.39, 0.29) is 5.41 Å². The molecule has 3 aliphatic rings. The molecule has 5 nitrogen and oxygen atoms in total. The Kier molecular flexibility index (Phi) is 3.38. The highest BCUT2D eigenvalue weighted by molar-refractivity contribution is 7.86. The average Bonchev–Trinajstić information content (AvgIpc) is 3.02. The van der Waals surface area contributed by atoms with Crippen LogP contribution in [0.15, 0.2) is 0 Å². The van der Waals surface area contributed by atoms with Gasteiger partial charge in [-0.1, -0.05) is 6.42 Å². The van der Waals surface area contributed by atoms with Gasteiger partial charge in [-0.05, 0) is 25.7 Å². The van der Waals surface area contributed by atoms with Crippen molar-refractivity contribution in [2.75, 3.05) is 39.4 Å². The van der Waals surface area contributed by atoms with E-state index in [2.05, 4.69) is 0 Å². The number of hydrogen-bond acceptors (Lipinski definition) is 3. The molecule has 0 radical (unpaired) electrons. The number of hydrogen-bond donors (Lipinski definition) is 0. The van der Waals surface area contributed by atoms with Crippen molar-refractivity contribution in [3.63, 3.8) is 0 Å². The van der Waals surface area contributed by atoms with E-state index in [0.29, 0.717) is 26.2 Å². The SMILES string of the molecule is O=S(=O)(N1CCCCC1)N1CC[C@]2(CCOC2)C1.